The molecule has 0 bridgehead atoms. The number of hydrogen-bond acceptors (Lipinski definition) is 5. The second-order valence-corrected chi connectivity index (χ2v) is 10.8. The minimum absolute atomic E-state index is 0.0163. The molecule has 1 saturated carbocycles. The van der Waals surface area contributed by atoms with E-state index in [4.69, 9.17) is 16.3 Å². The molecule has 5 rings (SSSR count). The number of methoxy groups -OCH3 is 1. The fourth-order valence-electron chi connectivity index (χ4n) is 5.14. The summed E-state index contributed by atoms with van der Waals surface area (Å²) in [5.74, 6) is -0.152. The summed E-state index contributed by atoms with van der Waals surface area (Å²) in [6.07, 6.45) is 6.60. The molecule has 1 fully saturated rings. The maximum atomic E-state index is 14.6. The fraction of sp³-hybridized carbons (Fsp3) is 0.310. The number of carbonyl (C=O) groups excluding carboxylic acids is 1. The summed E-state index contributed by atoms with van der Waals surface area (Å²) in [7, 11) is 3.42. The third-order valence-corrected chi connectivity index (χ3v) is 8.80. The summed E-state index contributed by atoms with van der Waals surface area (Å²) < 4.78 is 34.8. The number of fused-ring (bicyclic) bond motifs is 1. The van der Waals surface area contributed by atoms with Gasteiger partial charge >= 0.3 is 0 Å². The number of halogens is 3. The minimum Gasteiger partial charge on any atom is -0.496 e. The molecule has 0 radical (unpaired) electrons. The van der Waals surface area contributed by atoms with Crippen LogP contribution in [0.5, 0.6) is 5.75 Å². The van der Waals surface area contributed by atoms with Crippen LogP contribution in [0.2, 0.25) is 5.02 Å². The van der Waals surface area contributed by atoms with E-state index in [1.807, 2.05) is 37.4 Å². The molecule has 2 heterocycles. The van der Waals surface area contributed by atoms with Crippen molar-refractivity contribution in [1.29, 1.82) is 0 Å². The predicted molar refractivity (Wildman–Crippen MR) is 149 cm³/mol. The SMILES string of the molecule is CNc1cc(-c2ccc(OC)c(CN(C(=O)c3sc4c(F)ccc(F)c4c3Cl)C3CCCCC3)c2)ccn1. The van der Waals surface area contributed by atoms with Crippen LogP contribution in [0.3, 0.4) is 0 Å². The molecule has 1 N–H and O–H groups in total. The first kappa shape index (κ1) is 26.4. The number of ether oxygens (including phenoxy) is 1. The fourth-order valence-corrected chi connectivity index (χ4v) is 6.64. The van der Waals surface area contributed by atoms with E-state index in [1.54, 1.807) is 18.2 Å². The molecule has 0 spiro atoms. The first-order valence-electron chi connectivity index (χ1n) is 12.6. The standard InChI is InChI=1S/C29H28ClF2N3O2S/c1-33-24-15-18(12-13-34-24)17-8-11-23(37-2)19(14-17)16-35(20-6-4-3-5-7-20)29(36)28-26(30)25-21(31)9-10-22(32)27(25)38-28/h8-15,20H,3-7,16H2,1-2H3,(H,33,34). The van der Waals surface area contributed by atoms with Crippen molar-refractivity contribution in [3.63, 3.8) is 0 Å². The highest BCUT2D eigenvalue weighted by atomic mass is 35.5. The number of nitrogens with zero attached hydrogens (tertiary/aromatic N) is 2. The Bertz CT molecular complexity index is 1490. The normalized spacial score (nSPS) is 14.0. The van der Waals surface area contributed by atoms with Gasteiger partial charge in [-0.1, -0.05) is 36.9 Å². The van der Waals surface area contributed by atoms with Crippen LogP contribution < -0.4 is 10.1 Å². The van der Waals surface area contributed by atoms with Crippen LogP contribution >= 0.6 is 22.9 Å². The Hall–Kier alpha value is -3.23. The molecule has 2 aromatic carbocycles. The number of thiophene rings is 1. The molecule has 2 aromatic heterocycles. The average molecular weight is 556 g/mol. The molecule has 9 heteroatoms. The Morgan fingerprint density at radius 3 is 2.55 bits per heavy atom. The Labute approximate surface area is 229 Å². The van der Waals surface area contributed by atoms with E-state index in [-0.39, 0.29) is 38.5 Å². The molecular weight excluding hydrogens is 528 g/mol. The van der Waals surface area contributed by atoms with Crippen LogP contribution in [0.25, 0.3) is 21.2 Å². The van der Waals surface area contributed by atoms with Crippen molar-refractivity contribution in [2.75, 3.05) is 19.5 Å². The second kappa shape index (κ2) is 11.3. The molecule has 0 unspecified atom stereocenters. The van der Waals surface area contributed by atoms with E-state index in [9.17, 15) is 13.6 Å². The molecule has 0 atom stereocenters. The maximum Gasteiger partial charge on any atom is 0.266 e. The highest BCUT2D eigenvalue weighted by Crippen LogP contribution is 2.40. The first-order valence-corrected chi connectivity index (χ1v) is 13.8. The van der Waals surface area contributed by atoms with Gasteiger partial charge in [0.15, 0.2) is 0 Å². The number of rotatable bonds is 7. The number of benzene rings is 2. The van der Waals surface area contributed by atoms with Gasteiger partial charge in [-0.25, -0.2) is 13.8 Å². The second-order valence-electron chi connectivity index (χ2n) is 9.41. The quantitative estimate of drug-likeness (QED) is 0.252. The molecule has 1 aliphatic carbocycles. The van der Waals surface area contributed by atoms with Gasteiger partial charge in [-0.15, -0.1) is 11.3 Å². The highest BCUT2D eigenvalue weighted by Gasteiger charge is 2.31. The van der Waals surface area contributed by atoms with Crippen LogP contribution in [0.15, 0.2) is 48.7 Å². The molecule has 38 heavy (non-hydrogen) atoms. The molecule has 198 valence electrons. The zero-order chi connectivity index (χ0) is 26.8. The third-order valence-electron chi connectivity index (χ3n) is 7.12. The molecule has 5 nitrogen and oxygen atoms in total. The number of aromatic nitrogens is 1. The van der Waals surface area contributed by atoms with Crippen LogP contribution in [0, 0.1) is 11.6 Å². The van der Waals surface area contributed by atoms with E-state index in [0.717, 1.165) is 78.1 Å². The van der Waals surface area contributed by atoms with E-state index >= 15 is 0 Å². The topological polar surface area (TPSA) is 54.5 Å². The van der Waals surface area contributed by atoms with Crippen molar-refractivity contribution in [3.8, 4) is 16.9 Å². The lowest BCUT2D eigenvalue weighted by Gasteiger charge is -2.34. The van der Waals surface area contributed by atoms with Gasteiger partial charge in [0.05, 0.1) is 22.2 Å². The lowest BCUT2D eigenvalue weighted by Crippen LogP contribution is -2.40. The average Bonchev–Trinajstić information content (AvgIpc) is 3.32. The van der Waals surface area contributed by atoms with Gasteiger partial charge in [0.25, 0.3) is 5.91 Å². The molecule has 1 aliphatic rings. The number of anilines is 1. The summed E-state index contributed by atoms with van der Waals surface area (Å²) in [4.78, 5) is 20.3. The van der Waals surface area contributed by atoms with E-state index in [0.29, 0.717) is 5.75 Å². The zero-order valence-corrected chi connectivity index (χ0v) is 22.8. The Morgan fingerprint density at radius 2 is 1.84 bits per heavy atom. The van der Waals surface area contributed by atoms with Crippen molar-refractivity contribution in [3.05, 3.63) is 75.8 Å². The van der Waals surface area contributed by atoms with Crippen molar-refractivity contribution in [1.82, 2.24) is 9.88 Å². The number of hydrogen-bond donors (Lipinski definition) is 1. The molecule has 1 amide bonds. The highest BCUT2D eigenvalue weighted by molar-refractivity contribution is 7.21. The van der Waals surface area contributed by atoms with Crippen LogP contribution in [-0.2, 0) is 6.54 Å². The summed E-state index contributed by atoms with van der Waals surface area (Å²) in [5.41, 5.74) is 2.77. The van der Waals surface area contributed by atoms with Gasteiger partial charge in [0.1, 0.15) is 28.1 Å². The Morgan fingerprint density at radius 1 is 1.11 bits per heavy atom. The Balaban J connectivity index is 1.56. The minimum atomic E-state index is -0.640. The number of pyridine rings is 1. The van der Waals surface area contributed by atoms with Crippen molar-refractivity contribution in [2.24, 2.45) is 0 Å². The van der Waals surface area contributed by atoms with E-state index < -0.39 is 11.6 Å². The van der Waals surface area contributed by atoms with Gasteiger partial charge in [-0.2, -0.15) is 0 Å². The summed E-state index contributed by atoms with van der Waals surface area (Å²) >= 11 is 7.43. The van der Waals surface area contributed by atoms with Gasteiger partial charge in [-0.3, -0.25) is 4.79 Å². The lowest BCUT2D eigenvalue weighted by molar-refractivity contribution is 0.0618. The third kappa shape index (κ3) is 5.07. The van der Waals surface area contributed by atoms with E-state index in [1.165, 1.54) is 0 Å². The molecule has 0 saturated heterocycles. The van der Waals surface area contributed by atoms with Crippen molar-refractivity contribution < 1.29 is 18.3 Å². The predicted octanol–water partition coefficient (Wildman–Crippen LogP) is 7.92. The monoisotopic (exact) mass is 555 g/mol. The van der Waals surface area contributed by atoms with E-state index in [2.05, 4.69) is 10.3 Å². The van der Waals surface area contributed by atoms with Gasteiger partial charge in [0, 0.05) is 31.4 Å². The van der Waals surface area contributed by atoms with Crippen molar-refractivity contribution in [2.45, 2.75) is 44.7 Å². The van der Waals surface area contributed by atoms with Gasteiger partial charge in [-0.05, 0) is 60.4 Å². The van der Waals surface area contributed by atoms with Crippen LogP contribution in [0.1, 0.15) is 47.3 Å². The first-order chi connectivity index (χ1) is 18.4. The van der Waals surface area contributed by atoms with Crippen LogP contribution in [-0.4, -0.2) is 36.0 Å². The lowest BCUT2D eigenvalue weighted by atomic mass is 9.93. The van der Waals surface area contributed by atoms with Crippen LogP contribution in [0.4, 0.5) is 14.6 Å². The smallest absolute Gasteiger partial charge is 0.266 e. The van der Waals surface area contributed by atoms with Gasteiger partial charge in [0.2, 0.25) is 0 Å². The summed E-state index contributed by atoms with van der Waals surface area (Å²) in [5, 5.41) is 2.98. The van der Waals surface area contributed by atoms with Crippen molar-refractivity contribution >= 4 is 44.7 Å². The molecular formula is C29H28ClF2N3O2S. The zero-order valence-electron chi connectivity index (χ0n) is 21.2. The number of amides is 1. The molecule has 4 aromatic rings. The van der Waals surface area contributed by atoms with Gasteiger partial charge < -0.3 is 15.0 Å². The summed E-state index contributed by atoms with van der Waals surface area (Å²) in [6.45, 7) is 0.278. The molecule has 0 aliphatic heterocycles. The summed E-state index contributed by atoms with van der Waals surface area (Å²) in [6, 6.07) is 11.8. The maximum absolute atomic E-state index is 14.6. The largest absolute Gasteiger partial charge is 0.496 e. The Kier molecular flexibility index (Phi) is 7.81. The number of carbonyl (C=O) groups is 1. The number of nitrogens with one attached hydrogen (secondary N) is 1.